The van der Waals surface area contributed by atoms with Gasteiger partial charge in [-0.25, -0.2) is 0 Å². The number of hydrogen-bond donors (Lipinski definition) is 2. The molecule has 20 heavy (non-hydrogen) atoms. The van der Waals surface area contributed by atoms with Crippen molar-refractivity contribution in [2.75, 3.05) is 5.73 Å². The lowest BCUT2D eigenvalue weighted by molar-refractivity contribution is 0.0939. The Bertz CT molecular complexity index is 589. The summed E-state index contributed by atoms with van der Waals surface area (Å²) in [6, 6.07) is 6.59. The molecule has 1 atom stereocenters. The minimum Gasteiger partial charge on any atom is -0.469 e. The number of nitrogen functional groups attached to an aromatic ring is 1. The Hall–Kier alpha value is -1.65. The third-order valence-electron chi connectivity index (χ3n) is 2.78. The van der Waals surface area contributed by atoms with Crippen LogP contribution in [0, 0.1) is 0 Å². The van der Waals surface area contributed by atoms with Crippen LogP contribution in [-0.4, -0.2) is 11.9 Å². The van der Waals surface area contributed by atoms with Crippen LogP contribution in [0.25, 0.3) is 0 Å². The summed E-state index contributed by atoms with van der Waals surface area (Å²) >= 11 is 11.8. The van der Waals surface area contributed by atoms with Gasteiger partial charge in [0.1, 0.15) is 5.76 Å². The Kier molecular flexibility index (Phi) is 4.57. The van der Waals surface area contributed by atoms with Gasteiger partial charge in [-0.1, -0.05) is 23.2 Å². The average Bonchev–Trinajstić information content (AvgIpc) is 2.87. The average molecular weight is 313 g/mol. The second-order valence-electron chi connectivity index (χ2n) is 4.52. The first-order valence-corrected chi connectivity index (χ1v) is 6.80. The molecule has 6 heteroatoms. The Morgan fingerprint density at radius 3 is 2.80 bits per heavy atom. The first-order valence-electron chi connectivity index (χ1n) is 6.05. The standard InChI is InChI=1S/C14H14Cl2N2O2/c1-8(5-10-3-2-4-20-10)18-14(19)9-6-11(15)13(16)12(17)7-9/h2-4,6-8H,5,17H2,1H3,(H,18,19). The van der Waals surface area contributed by atoms with Crippen molar-refractivity contribution in [3.63, 3.8) is 0 Å². The lowest BCUT2D eigenvalue weighted by Crippen LogP contribution is -2.34. The Morgan fingerprint density at radius 2 is 2.20 bits per heavy atom. The van der Waals surface area contributed by atoms with E-state index in [4.69, 9.17) is 33.4 Å². The summed E-state index contributed by atoms with van der Waals surface area (Å²) in [5, 5.41) is 3.37. The third kappa shape index (κ3) is 3.46. The number of nitrogens with one attached hydrogen (secondary N) is 1. The van der Waals surface area contributed by atoms with Crippen LogP contribution < -0.4 is 11.1 Å². The molecule has 1 aromatic heterocycles. The molecule has 1 aromatic carbocycles. The van der Waals surface area contributed by atoms with Gasteiger partial charge in [0.25, 0.3) is 5.91 Å². The maximum absolute atomic E-state index is 12.1. The molecular weight excluding hydrogens is 299 g/mol. The Labute approximate surface area is 126 Å². The fourth-order valence-electron chi connectivity index (χ4n) is 1.83. The highest BCUT2D eigenvalue weighted by Gasteiger charge is 2.14. The lowest BCUT2D eigenvalue weighted by atomic mass is 10.1. The SMILES string of the molecule is CC(Cc1ccco1)NC(=O)c1cc(N)c(Cl)c(Cl)c1. The molecule has 1 heterocycles. The molecule has 0 spiro atoms. The molecule has 106 valence electrons. The number of carbonyl (C=O) groups excluding carboxylic acids is 1. The van der Waals surface area contributed by atoms with Gasteiger partial charge in [-0.3, -0.25) is 4.79 Å². The Morgan fingerprint density at radius 1 is 1.45 bits per heavy atom. The van der Waals surface area contributed by atoms with E-state index in [-0.39, 0.29) is 27.7 Å². The van der Waals surface area contributed by atoms with Crippen molar-refractivity contribution in [3.05, 3.63) is 51.9 Å². The van der Waals surface area contributed by atoms with Crippen LogP contribution in [0.5, 0.6) is 0 Å². The van der Waals surface area contributed by atoms with E-state index < -0.39 is 0 Å². The monoisotopic (exact) mass is 312 g/mol. The molecule has 0 saturated carbocycles. The Balaban J connectivity index is 2.04. The largest absolute Gasteiger partial charge is 0.469 e. The number of furan rings is 1. The number of amides is 1. The molecule has 3 N–H and O–H groups in total. The van der Waals surface area contributed by atoms with E-state index in [2.05, 4.69) is 5.32 Å². The quantitative estimate of drug-likeness (QED) is 0.849. The first-order chi connectivity index (χ1) is 9.47. The van der Waals surface area contributed by atoms with Crippen molar-refractivity contribution in [2.45, 2.75) is 19.4 Å². The molecule has 0 aliphatic heterocycles. The van der Waals surface area contributed by atoms with Crippen molar-refractivity contribution < 1.29 is 9.21 Å². The number of nitrogens with two attached hydrogens (primary N) is 1. The zero-order chi connectivity index (χ0) is 14.7. The van der Waals surface area contributed by atoms with Crippen LogP contribution in [0.3, 0.4) is 0 Å². The van der Waals surface area contributed by atoms with E-state index >= 15 is 0 Å². The lowest BCUT2D eigenvalue weighted by Gasteiger charge is -2.13. The first kappa shape index (κ1) is 14.8. The molecule has 0 aliphatic rings. The molecule has 0 aliphatic carbocycles. The summed E-state index contributed by atoms with van der Waals surface area (Å²) in [4.78, 5) is 12.1. The van der Waals surface area contributed by atoms with Crippen LogP contribution in [0.2, 0.25) is 10.0 Å². The number of carbonyl (C=O) groups is 1. The second kappa shape index (κ2) is 6.20. The molecule has 1 amide bonds. The van der Waals surface area contributed by atoms with Gasteiger partial charge in [0, 0.05) is 18.0 Å². The molecule has 2 aromatic rings. The van der Waals surface area contributed by atoms with E-state index in [1.807, 2.05) is 19.1 Å². The number of benzene rings is 1. The molecule has 0 radical (unpaired) electrons. The fraction of sp³-hybridized carbons (Fsp3) is 0.214. The van der Waals surface area contributed by atoms with Crippen molar-refractivity contribution in [1.82, 2.24) is 5.32 Å². The van der Waals surface area contributed by atoms with E-state index in [0.29, 0.717) is 12.0 Å². The fourth-order valence-corrected chi connectivity index (χ4v) is 2.17. The minimum atomic E-state index is -0.255. The second-order valence-corrected chi connectivity index (χ2v) is 5.30. The summed E-state index contributed by atoms with van der Waals surface area (Å²) in [6.07, 6.45) is 2.21. The number of hydrogen-bond acceptors (Lipinski definition) is 3. The van der Waals surface area contributed by atoms with E-state index in [1.165, 1.54) is 12.1 Å². The van der Waals surface area contributed by atoms with Crippen LogP contribution in [0.4, 0.5) is 5.69 Å². The summed E-state index contributed by atoms with van der Waals surface area (Å²) < 4.78 is 5.24. The van der Waals surface area contributed by atoms with Gasteiger partial charge in [0.2, 0.25) is 0 Å². The molecule has 0 bridgehead atoms. The third-order valence-corrected chi connectivity index (χ3v) is 3.60. The van der Waals surface area contributed by atoms with Gasteiger partial charge in [0.05, 0.1) is 22.0 Å². The van der Waals surface area contributed by atoms with Crippen molar-refractivity contribution in [3.8, 4) is 0 Å². The summed E-state index contributed by atoms with van der Waals surface area (Å²) in [7, 11) is 0. The summed E-state index contributed by atoms with van der Waals surface area (Å²) in [5.74, 6) is 0.556. The molecule has 2 rings (SSSR count). The van der Waals surface area contributed by atoms with Gasteiger partial charge >= 0.3 is 0 Å². The molecule has 0 fully saturated rings. The highest BCUT2D eigenvalue weighted by Crippen LogP contribution is 2.29. The molecule has 4 nitrogen and oxygen atoms in total. The van der Waals surface area contributed by atoms with E-state index in [1.54, 1.807) is 6.26 Å². The summed E-state index contributed by atoms with van der Waals surface area (Å²) in [5.41, 5.74) is 6.35. The van der Waals surface area contributed by atoms with Crippen LogP contribution in [0.1, 0.15) is 23.0 Å². The van der Waals surface area contributed by atoms with E-state index in [9.17, 15) is 4.79 Å². The van der Waals surface area contributed by atoms with Gasteiger partial charge in [-0.15, -0.1) is 0 Å². The van der Waals surface area contributed by atoms with Crippen molar-refractivity contribution >= 4 is 34.8 Å². The topological polar surface area (TPSA) is 68.3 Å². The van der Waals surface area contributed by atoms with Crippen LogP contribution >= 0.6 is 23.2 Å². The predicted molar refractivity (Wildman–Crippen MR) is 80.2 cm³/mol. The highest BCUT2D eigenvalue weighted by molar-refractivity contribution is 6.43. The smallest absolute Gasteiger partial charge is 0.251 e. The zero-order valence-corrected chi connectivity index (χ0v) is 12.3. The molecule has 1 unspecified atom stereocenters. The number of rotatable bonds is 4. The normalized spacial score (nSPS) is 12.2. The van der Waals surface area contributed by atoms with Crippen LogP contribution in [0.15, 0.2) is 34.9 Å². The van der Waals surface area contributed by atoms with Gasteiger partial charge in [0.15, 0.2) is 0 Å². The molecule has 0 saturated heterocycles. The zero-order valence-electron chi connectivity index (χ0n) is 10.8. The van der Waals surface area contributed by atoms with Gasteiger partial charge in [-0.05, 0) is 31.2 Å². The van der Waals surface area contributed by atoms with Gasteiger partial charge in [-0.2, -0.15) is 0 Å². The maximum atomic E-state index is 12.1. The minimum absolute atomic E-state index is 0.0793. The number of anilines is 1. The van der Waals surface area contributed by atoms with Crippen molar-refractivity contribution in [2.24, 2.45) is 0 Å². The van der Waals surface area contributed by atoms with Crippen molar-refractivity contribution in [1.29, 1.82) is 0 Å². The van der Waals surface area contributed by atoms with Crippen LogP contribution in [-0.2, 0) is 6.42 Å². The molecular formula is C14H14Cl2N2O2. The summed E-state index contributed by atoms with van der Waals surface area (Å²) in [6.45, 7) is 1.89. The number of halogens is 2. The maximum Gasteiger partial charge on any atom is 0.251 e. The predicted octanol–water partition coefficient (Wildman–Crippen LogP) is 3.53. The van der Waals surface area contributed by atoms with E-state index in [0.717, 1.165) is 5.76 Å². The van der Waals surface area contributed by atoms with Gasteiger partial charge < -0.3 is 15.5 Å². The highest BCUT2D eigenvalue weighted by atomic mass is 35.5.